The van der Waals surface area contributed by atoms with Crippen LogP contribution in [0.3, 0.4) is 0 Å². The van der Waals surface area contributed by atoms with Crippen molar-refractivity contribution in [3.63, 3.8) is 0 Å². The molecule has 1 aromatic carbocycles. The molecule has 3 N–H and O–H groups in total. The number of carbonyl (C=O) groups excluding carboxylic acids is 1. The molecule has 20 heavy (non-hydrogen) atoms. The number of benzene rings is 1. The topological polar surface area (TPSA) is 68.0 Å². The minimum atomic E-state index is -0.281. The molecule has 0 atom stereocenters. The van der Waals surface area contributed by atoms with Crippen LogP contribution in [-0.4, -0.2) is 17.4 Å². The van der Waals surface area contributed by atoms with Gasteiger partial charge in [-0.1, -0.05) is 0 Å². The van der Waals surface area contributed by atoms with Crippen molar-refractivity contribution < 1.29 is 9.18 Å². The number of amides is 1. The predicted octanol–water partition coefficient (Wildman–Crippen LogP) is 2.94. The second-order valence-electron chi connectivity index (χ2n) is 4.37. The van der Waals surface area contributed by atoms with E-state index in [2.05, 4.69) is 10.3 Å². The number of nitrogens with two attached hydrogens (primary N) is 1. The van der Waals surface area contributed by atoms with Gasteiger partial charge in [0.2, 0.25) is 5.91 Å². The molecule has 0 saturated carbocycles. The molecule has 0 aliphatic heterocycles. The van der Waals surface area contributed by atoms with Gasteiger partial charge in [-0.25, -0.2) is 9.37 Å². The smallest absolute Gasteiger partial charge is 0.226 e. The Labute approximate surface area is 120 Å². The lowest BCUT2D eigenvalue weighted by Gasteiger charge is -2.00. The maximum absolute atomic E-state index is 12.9. The summed E-state index contributed by atoms with van der Waals surface area (Å²) in [4.78, 5) is 17.0. The quantitative estimate of drug-likeness (QED) is 0.890. The molecule has 1 amide bonds. The van der Waals surface area contributed by atoms with Crippen LogP contribution in [-0.2, 0) is 4.79 Å². The number of hydrogen-bond donors (Lipinski definition) is 2. The molecule has 1 aromatic heterocycles. The number of hydrogen-bond acceptors (Lipinski definition) is 4. The summed E-state index contributed by atoms with van der Waals surface area (Å²) in [7, 11) is 0. The predicted molar refractivity (Wildman–Crippen MR) is 79.2 cm³/mol. The lowest BCUT2D eigenvalue weighted by Crippen LogP contribution is -2.13. The molecule has 0 aliphatic rings. The van der Waals surface area contributed by atoms with Gasteiger partial charge in [0.1, 0.15) is 5.82 Å². The van der Waals surface area contributed by atoms with Gasteiger partial charge in [-0.2, -0.15) is 0 Å². The van der Waals surface area contributed by atoms with E-state index < -0.39 is 0 Å². The van der Waals surface area contributed by atoms with E-state index in [9.17, 15) is 9.18 Å². The van der Waals surface area contributed by atoms with Gasteiger partial charge < -0.3 is 11.1 Å². The number of aryl methyl sites for hydroxylation is 1. The van der Waals surface area contributed by atoms with Crippen LogP contribution in [0.4, 0.5) is 9.52 Å². The fraction of sp³-hybridized carbons (Fsp3) is 0.286. The number of thiazole rings is 1. The van der Waals surface area contributed by atoms with Crippen molar-refractivity contribution in [3.05, 3.63) is 35.0 Å². The molecule has 106 valence electrons. The Hall–Kier alpha value is -1.79. The van der Waals surface area contributed by atoms with Crippen molar-refractivity contribution >= 4 is 22.4 Å². The number of rotatable bonds is 5. The summed E-state index contributed by atoms with van der Waals surface area (Å²) in [6.07, 6.45) is 1.04. The SMILES string of the molecule is Cc1sc(NC(=O)CCCN)nc1-c1ccc(F)cc1. The zero-order valence-corrected chi connectivity index (χ0v) is 12.0. The van der Waals surface area contributed by atoms with Crippen molar-refractivity contribution in [2.45, 2.75) is 19.8 Å². The number of nitrogens with zero attached hydrogens (tertiary/aromatic N) is 1. The first-order valence-electron chi connectivity index (χ1n) is 6.33. The molecular weight excluding hydrogens is 277 g/mol. The number of nitrogens with one attached hydrogen (secondary N) is 1. The van der Waals surface area contributed by atoms with E-state index in [1.165, 1.54) is 23.5 Å². The van der Waals surface area contributed by atoms with Crippen LogP contribution in [0, 0.1) is 12.7 Å². The maximum atomic E-state index is 12.9. The summed E-state index contributed by atoms with van der Waals surface area (Å²) >= 11 is 1.41. The van der Waals surface area contributed by atoms with Gasteiger partial charge in [0.25, 0.3) is 0 Å². The Morgan fingerprint density at radius 2 is 2.10 bits per heavy atom. The highest BCUT2D eigenvalue weighted by atomic mass is 32.1. The normalized spacial score (nSPS) is 10.6. The first kappa shape index (κ1) is 14.6. The summed E-state index contributed by atoms with van der Waals surface area (Å²) in [6.45, 7) is 2.41. The van der Waals surface area contributed by atoms with E-state index in [-0.39, 0.29) is 11.7 Å². The van der Waals surface area contributed by atoms with Crippen LogP contribution in [0.15, 0.2) is 24.3 Å². The van der Waals surface area contributed by atoms with Crippen LogP contribution in [0.5, 0.6) is 0 Å². The van der Waals surface area contributed by atoms with Crippen molar-refractivity contribution in [3.8, 4) is 11.3 Å². The number of carbonyl (C=O) groups is 1. The number of aromatic nitrogens is 1. The van der Waals surface area contributed by atoms with Gasteiger partial charge >= 0.3 is 0 Å². The van der Waals surface area contributed by atoms with Crippen LogP contribution in [0.2, 0.25) is 0 Å². The first-order chi connectivity index (χ1) is 9.60. The fourth-order valence-electron chi connectivity index (χ4n) is 1.77. The fourth-order valence-corrected chi connectivity index (χ4v) is 2.62. The lowest BCUT2D eigenvalue weighted by atomic mass is 10.1. The molecule has 0 radical (unpaired) electrons. The molecule has 0 aliphatic carbocycles. The third kappa shape index (κ3) is 3.61. The largest absolute Gasteiger partial charge is 0.330 e. The number of halogens is 1. The molecular formula is C14H16FN3OS. The molecule has 0 spiro atoms. The zero-order valence-electron chi connectivity index (χ0n) is 11.1. The van der Waals surface area contributed by atoms with Gasteiger partial charge in [0.05, 0.1) is 5.69 Å². The second kappa shape index (κ2) is 6.58. The Morgan fingerprint density at radius 1 is 1.40 bits per heavy atom. The van der Waals surface area contributed by atoms with Crippen molar-refractivity contribution in [2.75, 3.05) is 11.9 Å². The van der Waals surface area contributed by atoms with Gasteiger partial charge in [0.15, 0.2) is 5.13 Å². The van der Waals surface area contributed by atoms with Crippen molar-refractivity contribution in [1.82, 2.24) is 4.98 Å². The van der Waals surface area contributed by atoms with Gasteiger partial charge in [-0.05, 0) is 44.2 Å². The Bertz CT molecular complexity index is 595. The van der Waals surface area contributed by atoms with E-state index in [0.29, 0.717) is 24.5 Å². The van der Waals surface area contributed by atoms with Gasteiger partial charge in [-0.3, -0.25) is 4.79 Å². The molecule has 0 fully saturated rings. The summed E-state index contributed by atoms with van der Waals surface area (Å²) in [5.41, 5.74) is 6.97. The average molecular weight is 293 g/mol. The average Bonchev–Trinajstić information content (AvgIpc) is 2.78. The summed E-state index contributed by atoms with van der Waals surface area (Å²) < 4.78 is 12.9. The van der Waals surface area contributed by atoms with E-state index in [4.69, 9.17) is 5.73 Å². The third-order valence-electron chi connectivity index (χ3n) is 2.77. The Balaban J connectivity index is 2.13. The highest BCUT2D eigenvalue weighted by Crippen LogP contribution is 2.30. The standard InChI is InChI=1S/C14H16FN3OS/c1-9-13(10-4-6-11(15)7-5-10)18-14(20-9)17-12(19)3-2-8-16/h4-7H,2-3,8,16H2,1H3,(H,17,18,19). The maximum Gasteiger partial charge on any atom is 0.226 e. The van der Waals surface area contributed by atoms with E-state index in [1.54, 1.807) is 12.1 Å². The molecule has 4 nitrogen and oxygen atoms in total. The zero-order chi connectivity index (χ0) is 14.5. The Morgan fingerprint density at radius 3 is 2.75 bits per heavy atom. The van der Waals surface area contributed by atoms with Crippen LogP contribution in [0.1, 0.15) is 17.7 Å². The van der Waals surface area contributed by atoms with Crippen LogP contribution >= 0.6 is 11.3 Å². The van der Waals surface area contributed by atoms with Gasteiger partial charge in [0, 0.05) is 16.9 Å². The molecule has 2 aromatic rings. The number of anilines is 1. The molecule has 0 bridgehead atoms. The summed E-state index contributed by atoms with van der Waals surface area (Å²) in [6, 6.07) is 6.15. The van der Waals surface area contributed by atoms with Crippen molar-refractivity contribution in [2.24, 2.45) is 5.73 Å². The second-order valence-corrected chi connectivity index (χ2v) is 5.57. The lowest BCUT2D eigenvalue weighted by molar-refractivity contribution is -0.116. The highest BCUT2D eigenvalue weighted by Gasteiger charge is 2.11. The third-order valence-corrected chi connectivity index (χ3v) is 3.65. The van der Waals surface area contributed by atoms with Crippen LogP contribution < -0.4 is 11.1 Å². The summed E-state index contributed by atoms with van der Waals surface area (Å²) in [5.74, 6) is -0.369. The highest BCUT2D eigenvalue weighted by molar-refractivity contribution is 7.16. The van der Waals surface area contributed by atoms with Gasteiger partial charge in [-0.15, -0.1) is 11.3 Å². The summed E-state index contributed by atoms with van der Waals surface area (Å²) in [5, 5.41) is 3.32. The first-order valence-corrected chi connectivity index (χ1v) is 7.15. The van der Waals surface area contributed by atoms with Crippen LogP contribution in [0.25, 0.3) is 11.3 Å². The molecule has 2 rings (SSSR count). The molecule has 0 saturated heterocycles. The minimum Gasteiger partial charge on any atom is -0.330 e. The molecule has 0 unspecified atom stereocenters. The molecule has 6 heteroatoms. The van der Waals surface area contributed by atoms with E-state index in [0.717, 1.165) is 16.1 Å². The van der Waals surface area contributed by atoms with E-state index >= 15 is 0 Å². The molecule has 1 heterocycles. The van der Waals surface area contributed by atoms with Crippen molar-refractivity contribution in [1.29, 1.82) is 0 Å². The van der Waals surface area contributed by atoms with E-state index in [1.807, 2.05) is 6.92 Å². The monoisotopic (exact) mass is 293 g/mol. The Kier molecular flexibility index (Phi) is 4.81. The minimum absolute atomic E-state index is 0.0881.